The number of rotatable bonds is 4. The summed E-state index contributed by atoms with van der Waals surface area (Å²) in [7, 11) is -3.09. The molecule has 0 bridgehead atoms. The van der Waals surface area contributed by atoms with Crippen LogP contribution in [0.15, 0.2) is 29.2 Å². The fraction of sp³-hybridized carbons (Fsp3) is 0.538. The number of hydrogen-bond donors (Lipinski definition) is 0. The van der Waals surface area contributed by atoms with E-state index in [4.69, 9.17) is 0 Å². The molecule has 0 saturated heterocycles. The molecule has 3 heteroatoms. The maximum atomic E-state index is 11.8. The highest BCUT2D eigenvalue weighted by molar-refractivity contribution is 7.91. The van der Waals surface area contributed by atoms with Gasteiger partial charge in [0, 0.05) is 0 Å². The van der Waals surface area contributed by atoms with Gasteiger partial charge in [-0.05, 0) is 29.5 Å². The minimum atomic E-state index is -3.09. The van der Waals surface area contributed by atoms with Crippen LogP contribution in [0.4, 0.5) is 0 Å². The second kappa shape index (κ2) is 4.58. The van der Waals surface area contributed by atoms with Crippen LogP contribution >= 0.6 is 0 Å². The summed E-state index contributed by atoms with van der Waals surface area (Å²) in [6.07, 6.45) is 0.989. The van der Waals surface area contributed by atoms with Crippen LogP contribution in [0.2, 0.25) is 0 Å². The van der Waals surface area contributed by atoms with E-state index in [1.54, 1.807) is 13.0 Å². The van der Waals surface area contributed by atoms with Crippen LogP contribution in [0.3, 0.4) is 0 Å². The van der Waals surface area contributed by atoms with Crippen LogP contribution in [-0.2, 0) is 15.3 Å². The quantitative estimate of drug-likeness (QED) is 0.810. The van der Waals surface area contributed by atoms with Crippen molar-refractivity contribution in [3.8, 4) is 0 Å². The van der Waals surface area contributed by atoms with Crippen molar-refractivity contribution in [2.24, 2.45) is 0 Å². The van der Waals surface area contributed by atoms with Gasteiger partial charge in [0.1, 0.15) is 0 Å². The minimum absolute atomic E-state index is 0.0271. The molecule has 0 aliphatic carbocycles. The van der Waals surface area contributed by atoms with Gasteiger partial charge in [0.25, 0.3) is 0 Å². The van der Waals surface area contributed by atoms with Gasteiger partial charge in [0.15, 0.2) is 9.84 Å². The summed E-state index contributed by atoms with van der Waals surface area (Å²) in [4.78, 5) is 0.439. The SMILES string of the molecule is CCC(C)(C)c1cccc(S(=O)(=O)CC)c1. The lowest BCUT2D eigenvalue weighted by atomic mass is 9.82. The smallest absolute Gasteiger partial charge is 0.178 e. The van der Waals surface area contributed by atoms with E-state index in [0.29, 0.717) is 4.90 Å². The fourth-order valence-corrected chi connectivity index (χ4v) is 2.41. The van der Waals surface area contributed by atoms with Crippen LogP contribution in [-0.4, -0.2) is 14.2 Å². The summed E-state index contributed by atoms with van der Waals surface area (Å²) in [6, 6.07) is 7.31. The van der Waals surface area contributed by atoms with Gasteiger partial charge in [-0.3, -0.25) is 0 Å². The average molecular weight is 240 g/mol. The van der Waals surface area contributed by atoms with Gasteiger partial charge in [-0.2, -0.15) is 0 Å². The van der Waals surface area contributed by atoms with E-state index in [1.807, 2.05) is 18.2 Å². The molecule has 0 spiro atoms. The van der Waals surface area contributed by atoms with Crippen molar-refractivity contribution >= 4 is 9.84 Å². The van der Waals surface area contributed by atoms with Crippen LogP contribution in [0.25, 0.3) is 0 Å². The molecule has 0 saturated carbocycles. The second-order valence-electron chi connectivity index (χ2n) is 4.67. The summed E-state index contributed by atoms with van der Waals surface area (Å²) in [6.45, 7) is 8.04. The molecule has 0 unspecified atom stereocenters. The Bertz CT molecular complexity index is 459. The molecule has 0 fully saturated rings. The lowest BCUT2D eigenvalue weighted by Gasteiger charge is -2.23. The zero-order chi connectivity index (χ0) is 12.4. The first-order valence-electron chi connectivity index (χ1n) is 5.67. The monoisotopic (exact) mass is 240 g/mol. The molecule has 0 N–H and O–H groups in total. The lowest BCUT2D eigenvalue weighted by molar-refractivity contribution is 0.505. The highest BCUT2D eigenvalue weighted by Gasteiger charge is 2.20. The van der Waals surface area contributed by atoms with E-state index in [2.05, 4.69) is 20.8 Å². The molecule has 1 rings (SSSR count). The average Bonchev–Trinajstić information content (AvgIpc) is 2.29. The van der Waals surface area contributed by atoms with E-state index in [-0.39, 0.29) is 11.2 Å². The number of benzene rings is 1. The van der Waals surface area contributed by atoms with Crippen molar-refractivity contribution in [1.82, 2.24) is 0 Å². The van der Waals surface area contributed by atoms with Crippen molar-refractivity contribution in [3.63, 3.8) is 0 Å². The second-order valence-corrected chi connectivity index (χ2v) is 6.95. The zero-order valence-corrected chi connectivity index (χ0v) is 11.3. The zero-order valence-electron chi connectivity index (χ0n) is 10.4. The molecule has 1 aromatic carbocycles. The van der Waals surface area contributed by atoms with Crippen LogP contribution in [0.5, 0.6) is 0 Å². The van der Waals surface area contributed by atoms with Crippen molar-refractivity contribution in [1.29, 1.82) is 0 Å². The molecule has 0 amide bonds. The summed E-state index contributed by atoms with van der Waals surface area (Å²) in [5.41, 5.74) is 1.11. The summed E-state index contributed by atoms with van der Waals surface area (Å²) in [5.74, 6) is 0.156. The molecule has 0 aromatic heterocycles. The fourth-order valence-electron chi connectivity index (χ4n) is 1.48. The largest absolute Gasteiger partial charge is 0.224 e. The summed E-state index contributed by atoms with van der Waals surface area (Å²) < 4.78 is 23.5. The van der Waals surface area contributed by atoms with E-state index in [0.717, 1.165) is 12.0 Å². The van der Waals surface area contributed by atoms with Crippen molar-refractivity contribution in [2.75, 3.05) is 5.75 Å². The Morgan fingerprint density at radius 1 is 1.19 bits per heavy atom. The van der Waals surface area contributed by atoms with Gasteiger partial charge in [-0.15, -0.1) is 0 Å². The predicted octanol–water partition coefficient (Wildman–Crippen LogP) is 3.17. The van der Waals surface area contributed by atoms with Crippen LogP contribution in [0, 0.1) is 0 Å². The van der Waals surface area contributed by atoms with Crippen molar-refractivity contribution in [2.45, 2.75) is 44.4 Å². The Hall–Kier alpha value is -0.830. The third-order valence-electron chi connectivity index (χ3n) is 3.24. The minimum Gasteiger partial charge on any atom is -0.224 e. The molecule has 0 aliphatic heterocycles. The Kier molecular flexibility index (Phi) is 3.79. The van der Waals surface area contributed by atoms with Gasteiger partial charge in [0.05, 0.1) is 10.6 Å². The molecule has 0 atom stereocenters. The molecule has 1 aromatic rings. The first kappa shape index (κ1) is 13.2. The van der Waals surface area contributed by atoms with Crippen molar-refractivity contribution < 1.29 is 8.42 Å². The molecular weight excluding hydrogens is 220 g/mol. The number of hydrogen-bond acceptors (Lipinski definition) is 2. The maximum Gasteiger partial charge on any atom is 0.178 e. The molecule has 0 aliphatic rings. The molecule has 90 valence electrons. The third kappa shape index (κ3) is 2.64. The Morgan fingerprint density at radius 3 is 2.31 bits per heavy atom. The topological polar surface area (TPSA) is 34.1 Å². The highest BCUT2D eigenvalue weighted by Crippen LogP contribution is 2.28. The van der Waals surface area contributed by atoms with Crippen molar-refractivity contribution in [3.05, 3.63) is 29.8 Å². The first-order valence-corrected chi connectivity index (χ1v) is 7.32. The van der Waals surface area contributed by atoms with Gasteiger partial charge >= 0.3 is 0 Å². The Morgan fingerprint density at radius 2 is 1.81 bits per heavy atom. The van der Waals surface area contributed by atoms with Gasteiger partial charge < -0.3 is 0 Å². The normalized spacial score (nSPS) is 12.8. The molecular formula is C13H20O2S. The van der Waals surface area contributed by atoms with E-state index in [1.165, 1.54) is 0 Å². The highest BCUT2D eigenvalue weighted by atomic mass is 32.2. The van der Waals surface area contributed by atoms with Gasteiger partial charge in [-0.25, -0.2) is 8.42 Å². The lowest BCUT2D eigenvalue weighted by Crippen LogP contribution is -2.16. The van der Waals surface area contributed by atoms with E-state index < -0.39 is 9.84 Å². The molecule has 16 heavy (non-hydrogen) atoms. The van der Waals surface area contributed by atoms with Gasteiger partial charge in [0.2, 0.25) is 0 Å². The Balaban J connectivity index is 3.25. The van der Waals surface area contributed by atoms with Crippen LogP contribution in [0.1, 0.15) is 39.7 Å². The molecule has 2 nitrogen and oxygen atoms in total. The number of sulfone groups is 1. The predicted molar refractivity (Wildman–Crippen MR) is 67.5 cm³/mol. The molecule has 0 radical (unpaired) electrons. The maximum absolute atomic E-state index is 11.8. The third-order valence-corrected chi connectivity index (χ3v) is 4.97. The summed E-state index contributed by atoms with van der Waals surface area (Å²) >= 11 is 0. The van der Waals surface area contributed by atoms with Gasteiger partial charge in [-0.1, -0.05) is 39.8 Å². The first-order chi connectivity index (χ1) is 7.33. The Labute approximate surface area is 98.6 Å². The summed E-state index contributed by atoms with van der Waals surface area (Å²) in [5, 5.41) is 0. The van der Waals surface area contributed by atoms with E-state index >= 15 is 0 Å². The van der Waals surface area contributed by atoms with Crippen LogP contribution < -0.4 is 0 Å². The van der Waals surface area contributed by atoms with E-state index in [9.17, 15) is 8.42 Å². The molecule has 0 heterocycles. The standard InChI is InChI=1S/C13H20O2S/c1-5-13(3,4)11-8-7-9-12(10-11)16(14,15)6-2/h7-10H,5-6H2,1-4H3.